The van der Waals surface area contributed by atoms with Crippen molar-refractivity contribution < 1.29 is 9.47 Å². The molecule has 2 aromatic carbocycles. The van der Waals surface area contributed by atoms with Crippen LogP contribution in [0.25, 0.3) is 0 Å². The third kappa shape index (κ3) is 3.41. The van der Waals surface area contributed by atoms with Crippen molar-refractivity contribution in [3.63, 3.8) is 0 Å². The minimum absolute atomic E-state index is 0.233. The number of anilines is 4. The van der Waals surface area contributed by atoms with Gasteiger partial charge in [0.1, 0.15) is 0 Å². The molecule has 0 unspecified atom stereocenters. The van der Waals surface area contributed by atoms with Crippen LogP contribution in [0.4, 0.5) is 23.1 Å². The second-order valence-corrected chi connectivity index (χ2v) is 5.88. The lowest BCUT2D eigenvalue weighted by atomic mass is 10.2. The Balaban J connectivity index is 1.53. The molecule has 7 nitrogen and oxygen atoms in total. The summed E-state index contributed by atoms with van der Waals surface area (Å²) in [6, 6.07) is 11.1. The number of nitrogens with one attached hydrogen (secondary N) is 2. The predicted molar refractivity (Wildman–Crippen MR) is 95.1 cm³/mol. The summed E-state index contributed by atoms with van der Waals surface area (Å²) in [5.41, 5.74) is 2.70. The molecule has 0 spiro atoms. The van der Waals surface area contributed by atoms with Crippen molar-refractivity contribution in [1.82, 2.24) is 15.2 Å². The quantitative estimate of drug-likeness (QED) is 0.730. The zero-order valence-electron chi connectivity index (χ0n) is 13.3. The number of hydrogen-bond acceptors (Lipinski definition) is 7. The number of rotatable bonds is 4. The summed E-state index contributed by atoms with van der Waals surface area (Å²) in [6.45, 7) is 2.20. The van der Waals surface area contributed by atoms with Crippen LogP contribution in [0.1, 0.15) is 5.56 Å². The summed E-state index contributed by atoms with van der Waals surface area (Å²) in [5.74, 6) is 2.35. The molecule has 2 heterocycles. The highest BCUT2D eigenvalue weighted by atomic mass is 35.5. The van der Waals surface area contributed by atoms with Crippen LogP contribution in [0.15, 0.2) is 42.6 Å². The normalized spacial score (nSPS) is 12.1. The first kappa shape index (κ1) is 15.5. The number of aromatic nitrogens is 3. The monoisotopic (exact) mass is 355 g/mol. The van der Waals surface area contributed by atoms with Crippen LogP contribution < -0.4 is 20.1 Å². The molecular formula is C17H14ClN5O2. The number of aryl methyl sites for hydroxylation is 1. The highest BCUT2D eigenvalue weighted by molar-refractivity contribution is 6.30. The minimum atomic E-state index is 0.233. The van der Waals surface area contributed by atoms with E-state index in [0.717, 1.165) is 22.7 Å². The van der Waals surface area contributed by atoms with Gasteiger partial charge in [-0.15, -0.1) is 5.10 Å². The van der Waals surface area contributed by atoms with E-state index in [9.17, 15) is 0 Å². The van der Waals surface area contributed by atoms with E-state index in [-0.39, 0.29) is 6.79 Å². The minimum Gasteiger partial charge on any atom is -0.454 e. The summed E-state index contributed by atoms with van der Waals surface area (Å²) in [7, 11) is 0. The van der Waals surface area contributed by atoms with Gasteiger partial charge in [0.05, 0.1) is 6.20 Å². The largest absolute Gasteiger partial charge is 0.454 e. The Bertz CT molecular complexity index is 935. The highest BCUT2D eigenvalue weighted by Crippen LogP contribution is 2.34. The fraction of sp³-hybridized carbons (Fsp3) is 0.118. The Morgan fingerprint density at radius 1 is 1.04 bits per heavy atom. The molecule has 126 valence electrons. The zero-order chi connectivity index (χ0) is 17.2. The molecule has 0 saturated heterocycles. The smallest absolute Gasteiger partial charge is 0.249 e. The average molecular weight is 356 g/mol. The average Bonchev–Trinajstić information content (AvgIpc) is 3.05. The highest BCUT2D eigenvalue weighted by Gasteiger charge is 2.13. The molecule has 0 saturated carbocycles. The number of hydrogen-bond donors (Lipinski definition) is 2. The Labute approximate surface area is 149 Å². The summed E-state index contributed by atoms with van der Waals surface area (Å²) in [4.78, 5) is 4.42. The van der Waals surface area contributed by atoms with Crippen molar-refractivity contribution in [2.45, 2.75) is 6.92 Å². The van der Waals surface area contributed by atoms with Crippen molar-refractivity contribution in [1.29, 1.82) is 0 Å². The van der Waals surface area contributed by atoms with Crippen molar-refractivity contribution in [2.75, 3.05) is 17.4 Å². The van der Waals surface area contributed by atoms with E-state index in [1.165, 1.54) is 0 Å². The van der Waals surface area contributed by atoms with Gasteiger partial charge in [-0.25, -0.2) is 0 Å². The maximum atomic E-state index is 5.98. The third-order valence-corrected chi connectivity index (χ3v) is 3.87. The van der Waals surface area contributed by atoms with E-state index in [0.29, 0.717) is 22.5 Å². The molecule has 8 heteroatoms. The Kier molecular flexibility index (Phi) is 3.99. The Hall–Kier alpha value is -3.06. The van der Waals surface area contributed by atoms with Crippen molar-refractivity contribution in [2.24, 2.45) is 0 Å². The number of nitrogens with zero attached hydrogens (tertiary/aromatic N) is 3. The molecule has 0 amide bonds. The molecule has 1 aromatic heterocycles. The van der Waals surface area contributed by atoms with E-state index < -0.39 is 0 Å². The van der Waals surface area contributed by atoms with Gasteiger partial charge in [0.2, 0.25) is 12.7 Å². The van der Waals surface area contributed by atoms with Crippen LogP contribution in [0.2, 0.25) is 5.02 Å². The van der Waals surface area contributed by atoms with Gasteiger partial charge in [0, 0.05) is 22.5 Å². The van der Waals surface area contributed by atoms with Gasteiger partial charge in [-0.3, -0.25) is 0 Å². The first-order valence-electron chi connectivity index (χ1n) is 7.57. The molecule has 0 bridgehead atoms. The number of ether oxygens (including phenoxy) is 2. The van der Waals surface area contributed by atoms with Gasteiger partial charge in [0.15, 0.2) is 17.3 Å². The van der Waals surface area contributed by atoms with E-state index >= 15 is 0 Å². The van der Waals surface area contributed by atoms with E-state index in [1.54, 1.807) is 6.20 Å². The van der Waals surface area contributed by atoms with Crippen molar-refractivity contribution in [3.05, 3.63) is 53.2 Å². The van der Waals surface area contributed by atoms with E-state index in [2.05, 4.69) is 25.8 Å². The summed E-state index contributed by atoms with van der Waals surface area (Å²) < 4.78 is 10.7. The van der Waals surface area contributed by atoms with Gasteiger partial charge in [0.25, 0.3) is 0 Å². The second-order valence-electron chi connectivity index (χ2n) is 5.44. The number of fused-ring (bicyclic) bond motifs is 1. The summed E-state index contributed by atoms with van der Waals surface area (Å²) in [6.07, 6.45) is 1.55. The summed E-state index contributed by atoms with van der Waals surface area (Å²) >= 11 is 5.98. The molecule has 1 aliphatic rings. The van der Waals surface area contributed by atoms with Gasteiger partial charge in [-0.1, -0.05) is 11.6 Å². The third-order valence-electron chi connectivity index (χ3n) is 3.64. The first-order chi connectivity index (χ1) is 12.2. The fourth-order valence-corrected chi connectivity index (χ4v) is 2.65. The molecule has 2 N–H and O–H groups in total. The van der Waals surface area contributed by atoms with Crippen LogP contribution in [-0.2, 0) is 0 Å². The van der Waals surface area contributed by atoms with E-state index in [4.69, 9.17) is 21.1 Å². The van der Waals surface area contributed by atoms with Gasteiger partial charge >= 0.3 is 0 Å². The topological polar surface area (TPSA) is 81.2 Å². The fourth-order valence-electron chi connectivity index (χ4n) is 2.43. The molecule has 1 aliphatic heterocycles. The lowest BCUT2D eigenvalue weighted by Gasteiger charge is -2.10. The SMILES string of the molecule is Cc1cc(Cl)ccc1Nc1cnnc(Nc2ccc3c(c2)OCO3)n1. The van der Waals surface area contributed by atoms with Crippen molar-refractivity contribution in [3.8, 4) is 11.5 Å². The van der Waals surface area contributed by atoms with E-state index in [1.807, 2.05) is 43.3 Å². The zero-order valence-corrected chi connectivity index (χ0v) is 14.0. The lowest BCUT2D eigenvalue weighted by molar-refractivity contribution is 0.174. The lowest BCUT2D eigenvalue weighted by Crippen LogP contribution is -2.03. The van der Waals surface area contributed by atoms with Crippen LogP contribution in [0, 0.1) is 6.92 Å². The maximum absolute atomic E-state index is 5.98. The molecule has 25 heavy (non-hydrogen) atoms. The predicted octanol–water partition coefficient (Wildman–Crippen LogP) is 4.05. The van der Waals surface area contributed by atoms with Crippen LogP contribution in [0.3, 0.4) is 0 Å². The first-order valence-corrected chi connectivity index (χ1v) is 7.95. The molecule has 0 fully saturated rings. The molecule has 4 rings (SSSR count). The Morgan fingerprint density at radius 2 is 1.92 bits per heavy atom. The standard InChI is InChI=1S/C17H14ClN5O2/c1-10-6-11(18)2-4-13(10)21-16-8-19-23-17(22-16)20-12-3-5-14-15(7-12)25-9-24-14/h2-8H,9H2,1H3,(H2,20,21,22,23). The van der Waals surface area contributed by atoms with Gasteiger partial charge in [-0.05, 0) is 42.8 Å². The molecule has 0 atom stereocenters. The van der Waals surface area contributed by atoms with Gasteiger partial charge in [-0.2, -0.15) is 10.1 Å². The Morgan fingerprint density at radius 3 is 2.80 bits per heavy atom. The van der Waals surface area contributed by atoms with Crippen LogP contribution in [0.5, 0.6) is 11.5 Å². The molecule has 0 radical (unpaired) electrons. The number of halogens is 1. The van der Waals surface area contributed by atoms with Crippen LogP contribution in [-0.4, -0.2) is 22.0 Å². The van der Waals surface area contributed by atoms with Crippen molar-refractivity contribution >= 4 is 34.7 Å². The van der Waals surface area contributed by atoms with Gasteiger partial charge < -0.3 is 20.1 Å². The number of benzene rings is 2. The second kappa shape index (κ2) is 6.45. The maximum Gasteiger partial charge on any atom is 0.249 e. The summed E-state index contributed by atoms with van der Waals surface area (Å²) in [5, 5.41) is 15.0. The van der Waals surface area contributed by atoms with Crippen LogP contribution >= 0.6 is 11.6 Å². The molecule has 3 aromatic rings. The molecule has 0 aliphatic carbocycles. The molecular weight excluding hydrogens is 342 g/mol.